The lowest BCUT2D eigenvalue weighted by Crippen LogP contribution is -2.35. The zero-order valence-corrected chi connectivity index (χ0v) is 18.1. The number of halogens is 2. The van der Waals surface area contributed by atoms with Gasteiger partial charge in [-0.1, -0.05) is 17.7 Å². The third-order valence-corrected chi connectivity index (χ3v) is 6.64. The molecule has 0 unspecified atom stereocenters. The number of rotatable bonds is 9. The fourth-order valence-corrected chi connectivity index (χ4v) is 4.44. The van der Waals surface area contributed by atoms with E-state index in [1.165, 1.54) is 36.7 Å². The van der Waals surface area contributed by atoms with Gasteiger partial charge in [-0.25, -0.2) is 17.8 Å². The number of benzene rings is 1. The molecule has 1 fully saturated rings. The third kappa shape index (κ3) is 4.31. The van der Waals surface area contributed by atoms with Crippen LogP contribution in [0.2, 0.25) is 5.02 Å². The van der Waals surface area contributed by atoms with Crippen molar-refractivity contribution < 1.29 is 27.5 Å². The summed E-state index contributed by atoms with van der Waals surface area (Å²) in [6.45, 7) is -0.0125. The molecule has 4 rings (SSSR count). The van der Waals surface area contributed by atoms with Crippen LogP contribution in [0.15, 0.2) is 36.7 Å². The minimum atomic E-state index is -4.05. The zero-order valence-electron chi connectivity index (χ0n) is 16.5. The highest BCUT2D eigenvalue weighted by Crippen LogP contribution is 2.45. The van der Waals surface area contributed by atoms with Gasteiger partial charge in [-0.2, -0.15) is 0 Å². The number of anilines is 1. The second-order valence-electron chi connectivity index (χ2n) is 7.62. The van der Waals surface area contributed by atoms with Crippen LogP contribution >= 0.6 is 11.6 Å². The first kappa shape index (κ1) is 22.2. The number of nitrogens with zero attached hydrogens (tertiary/aromatic N) is 1. The Hall–Kier alpha value is -3.02. The van der Waals surface area contributed by atoms with E-state index >= 15 is 4.39 Å². The van der Waals surface area contributed by atoms with E-state index in [-0.39, 0.29) is 17.7 Å². The van der Waals surface area contributed by atoms with E-state index in [0.29, 0.717) is 28.9 Å². The number of aliphatic carboxylic acids is 1. The number of aromatic amines is 1. The minimum Gasteiger partial charge on any atom is -0.481 e. The lowest BCUT2D eigenvalue weighted by atomic mass is 10.0. The summed E-state index contributed by atoms with van der Waals surface area (Å²) in [4.78, 5) is 31.0. The van der Waals surface area contributed by atoms with Gasteiger partial charge in [0.1, 0.15) is 11.5 Å². The molecule has 4 N–H and O–H groups in total. The monoisotopic (exact) mass is 480 g/mol. The van der Waals surface area contributed by atoms with E-state index in [2.05, 4.69) is 20.0 Å². The molecule has 1 saturated carbocycles. The Bertz CT molecular complexity index is 1340. The Morgan fingerprint density at radius 3 is 2.72 bits per heavy atom. The number of H-pyrrole nitrogens is 1. The van der Waals surface area contributed by atoms with Crippen molar-refractivity contribution in [3.05, 3.63) is 58.6 Å². The standard InChI is InChI=1S/C20H18ClFN4O5S/c21-11-6-13-14(8-25-18(13)24-7-11)17(27)12-2-1-3-15(16(12)22)26-32(30,31)10-23-9-20(4-5-20)19(28)29/h1-3,6-8,23,26H,4-5,9-10H2,(H,24,25)(H,28,29). The molecule has 2 aromatic heterocycles. The van der Waals surface area contributed by atoms with Gasteiger partial charge in [0.25, 0.3) is 0 Å². The maximum absolute atomic E-state index is 15.1. The quantitative estimate of drug-likeness (QED) is 0.345. The molecule has 168 valence electrons. The Morgan fingerprint density at radius 2 is 2.03 bits per heavy atom. The summed E-state index contributed by atoms with van der Waals surface area (Å²) in [6, 6.07) is 5.31. The average molecular weight is 481 g/mol. The lowest BCUT2D eigenvalue weighted by molar-refractivity contribution is -0.143. The molecule has 9 nitrogen and oxygen atoms in total. The van der Waals surface area contributed by atoms with Crippen molar-refractivity contribution in [1.82, 2.24) is 15.3 Å². The summed E-state index contributed by atoms with van der Waals surface area (Å²) in [5.74, 6) is -3.29. The van der Waals surface area contributed by atoms with Gasteiger partial charge in [-0.3, -0.25) is 14.3 Å². The summed E-state index contributed by atoms with van der Waals surface area (Å²) >= 11 is 5.94. The van der Waals surface area contributed by atoms with Crippen LogP contribution in [0.1, 0.15) is 28.8 Å². The van der Waals surface area contributed by atoms with Crippen LogP contribution in [0.25, 0.3) is 11.0 Å². The molecule has 3 aromatic rings. The minimum absolute atomic E-state index is 0.0125. The number of carboxylic acid groups (broad SMARTS) is 1. The van der Waals surface area contributed by atoms with Crippen LogP contribution in [0.5, 0.6) is 0 Å². The van der Waals surface area contributed by atoms with Crippen LogP contribution in [0, 0.1) is 11.2 Å². The first-order chi connectivity index (χ1) is 15.1. The number of carboxylic acids is 1. The molecule has 0 atom stereocenters. The summed E-state index contributed by atoms with van der Waals surface area (Å²) in [6.07, 6.45) is 3.72. The smallest absolute Gasteiger partial charge is 0.310 e. The Balaban J connectivity index is 1.52. The SMILES string of the molecule is O=C(c1cccc(NS(=O)(=O)CNCC2(C(=O)O)CC2)c1F)c1c[nH]c2ncc(Cl)cc12. The second-order valence-corrected chi connectivity index (χ2v) is 9.78. The number of carbonyl (C=O) groups excluding carboxylic acids is 1. The van der Waals surface area contributed by atoms with Crippen LogP contribution < -0.4 is 10.0 Å². The molecule has 1 aromatic carbocycles. The predicted octanol–water partition coefficient (Wildman–Crippen LogP) is 2.74. The van der Waals surface area contributed by atoms with E-state index in [4.69, 9.17) is 16.7 Å². The molecule has 1 aliphatic rings. The Morgan fingerprint density at radius 1 is 1.28 bits per heavy atom. The molecular weight excluding hydrogens is 463 g/mol. The van der Waals surface area contributed by atoms with Gasteiger partial charge in [0.15, 0.2) is 11.6 Å². The molecule has 0 aliphatic heterocycles. The number of fused-ring (bicyclic) bond motifs is 1. The number of pyridine rings is 1. The maximum Gasteiger partial charge on any atom is 0.310 e. The molecule has 0 amide bonds. The van der Waals surface area contributed by atoms with E-state index in [0.717, 1.165) is 0 Å². The molecular formula is C20H18ClFN4O5S. The van der Waals surface area contributed by atoms with Crippen LogP contribution in [-0.4, -0.2) is 47.7 Å². The van der Waals surface area contributed by atoms with Gasteiger partial charge in [0, 0.05) is 29.9 Å². The van der Waals surface area contributed by atoms with Crippen molar-refractivity contribution in [2.45, 2.75) is 12.8 Å². The largest absolute Gasteiger partial charge is 0.481 e. The van der Waals surface area contributed by atoms with E-state index in [1.54, 1.807) is 0 Å². The highest BCUT2D eigenvalue weighted by molar-refractivity contribution is 7.92. The molecule has 1 aliphatic carbocycles. The highest BCUT2D eigenvalue weighted by atomic mass is 35.5. The number of ketones is 1. The topological polar surface area (TPSA) is 141 Å². The van der Waals surface area contributed by atoms with Gasteiger partial charge >= 0.3 is 5.97 Å². The van der Waals surface area contributed by atoms with Gasteiger partial charge < -0.3 is 15.4 Å². The van der Waals surface area contributed by atoms with Gasteiger partial charge in [0.05, 0.1) is 21.7 Å². The first-order valence-electron chi connectivity index (χ1n) is 9.52. The lowest BCUT2D eigenvalue weighted by Gasteiger charge is -2.13. The third-order valence-electron chi connectivity index (χ3n) is 5.31. The zero-order chi connectivity index (χ0) is 23.1. The van der Waals surface area contributed by atoms with Crippen LogP contribution in [-0.2, 0) is 14.8 Å². The van der Waals surface area contributed by atoms with Gasteiger partial charge in [-0.15, -0.1) is 0 Å². The number of nitrogens with one attached hydrogen (secondary N) is 3. The normalized spacial score (nSPS) is 14.9. The average Bonchev–Trinajstić information content (AvgIpc) is 3.41. The fourth-order valence-electron chi connectivity index (χ4n) is 3.34. The highest BCUT2D eigenvalue weighted by Gasteiger charge is 2.49. The molecule has 0 saturated heterocycles. The number of hydrogen-bond donors (Lipinski definition) is 4. The Kier molecular flexibility index (Phi) is 5.65. The molecule has 0 radical (unpaired) electrons. The van der Waals surface area contributed by atoms with Crippen molar-refractivity contribution in [1.29, 1.82) is 0 Å². The van der Waals surface area contributed by atoms with Gasteiger partial charge in [-0.05, 0) is 31.0 Å². The number of aromatic nitrogens is 2. The van der Waals surface area contributed by atoms with Crippen molar-refractivity contribution in [2.24, 2.45) is 5.41 Å². The predicted molar refractivity (Wildman–Crippen MR) is 116 cm³/mol. The first-order valence-corrected chi connectivity index (χ1v) is 11.6. The van der Waals surface area contributed by atoms with E-state index < -0.39 is 44.6 Å². The summed E-state index contributed by atoms with van der Waals surface area (Å²) < 4.78 is 41.9. The number of carbonyl (C=O) groups is 2. The molecule has 0 bridgehead atoms. The van der Waals surface area contributed by atoms with Crippen molar-refractivity contribution in [3.63, 3.8) is 0 Å². The van der Waals surface area contributed by atoms with Gasteiger partial charge in [0.2, 0.25) is 10.0 Å². The molecule has 0 spiro atoms. The van der Waals surface area contributed by atoms with Crippen molar-refractivity contribution >= 4 is 50.1 Å². The van der Waals surface area contributed by atoms with Crippen LogP contribution in [0.4, 0.5) is 10.1 Å². The fraction of sp³-hybridized carbons (Fsp3) is 0.250. The molecule has 2 heterocycles. The van der Waals surface area contributed by atoms with E-state index in [9.17, 15) is 18.0 Å². The summed E-state index contributed by atoms with van der Waals surface area (Å²) in [7, 11) is -4.05. The van der Waals surface area contributed by atoms with E-state index in [1.807, 2.05) is 0 Å². The van der Waals surface area contributed by atoms with Crippen molar-refractivity contribution in [3.8, 4) is 0 Å². The molecule has 12 heteroatoms. The summed E-state index contributed by atoms with van der Waals surface area (Å²) in [5, 5.41) is 12.4. The number of sulfonamides is 1. The summed E-state index contributed by atoms with van der Waals surface area (Å²) in [5.41, 5.74) is -1.13. The van der Waals surface area contributed by atoms with Crippen molar-refractivity contribution in [2.75, 3.05) is 17.1 Å². The van der Waals surface area contributed by atoms with Crippen LogP contribution in [0.3, 0.4) is 0 Å². The number of hydrogen-bond acceptors (Lipinski definition) is 6. The Labute approximate surface area is 187 Å². The molecule has 32 heavy (non-hydrogen) atoms. The second kappa shape index (κ2) is 8.15. The maximum atomic E-state index is 15.1.